The molecular weight excluding hydrogens is 311 g/mol. The molecule has 1 aromatic carbocycles. The third-order valence-electron chi connectivity index (χ3n) is 3.96. The molecule has 0 radical (unpaired) electrons. The molecule has 0 aliphatic heterocycles. The minimum absolute atomic E-state index is 0.0705. The van der Waals surface area contributed by atoms with Gasteiger partial charge in [-0.3, -0.25) is 4.79 Å². The summed E-state index contributed by atoms with van der Waals surface area (Å²) in [6.07, 6.45) is 0. The Morgan fingerprint density at radius 3 is 2.33 bits per heavy atom. The van der Waals surface area contributed by atoms with E-state index in [1.807, 2.05) is 13.8 Å². The molecule has 0 bridgehead atoms. The predicted molar refractivity (Wildman–Crippen MR) is 87.5 cm³/mol. The van der Waals surface area contributed by atoms with E-state index in [0.717, 1.165) is 5.56 Å². The van der Waals surface area contributed by atoms with E-state index in [2.05, 4.69) is 4.98 Å². The zero-order chi connectivity index (χ0) is 17.9. The molecule has 2 aromatic rings. The summed E-state index contributed by atoms with van der Waals surface area (Å²) in [7, 11) is 0. The van der Waals surface area contributed by atoms with E-state index in [9.17, 15) is 14.0 Å². The molecule has 1 heterocycles. The Labute approximate surface area is 139 Å². The van der Waals surface area contributed by atoms with Gasteiger partial charge in [0.1, 0.15) is 11.5 Å². The highest BCUT2D eigenvalue weighted by molar-refractivity contribution is 5.94. The van der Waals surface area contributed by atoms with Crippen molar-refractivity contribution in [3.8, 4) is 0 Å². The maximum atomic E-state index is 13.1. The number of carbonyl (C=O) groups is 2. The molecule has 6 heteroatoms. The Morgan fingerprint density at radius 1 is 1.21 bits per heavy atom. The SMILES string of the molecule is CCN(C(=O)c1ccc(C(=O)O)c(C)n1)C(C)c1ccc(F)cc1. The average molecular weight is 330 g/mol. The molecule has 1 amide bonds. The molecule has 0 aliphatic rings. The summed E-state index contributed by atoms with van der Waals surface area (Å²) < 4.78 is 13.1. The van der Waals surface area contributed by atoms with Crippen molar-refractivity contribution in [3.05, 3.63) is 64.7 Å². The summed E-state index contributed by atoms with van der Waals surface area (Å²) in [5.74, 6) is -1.71. The monoisotopic (exact) mass is 330 g/mol. The molecule has 0 aliphatic carbocycles. The Morgan fingerprint density at radius 2 is 1.83 bits per heavy atom. The van der Waals surface area contributed by atoms with Gasteiger partial charge in [-0.05, 0) is 50.6 Å². The minimum atomic E-state index is -1.08. The van der Waals surface area contributed by atoms with E-state index < -0.39 is 5.97 Å². The van der Waals surface area contributed by atoms with Crippen molar-refractivity contribution in [2.24, 2.45) is 0 Å². The van der Waals surface area contributed by atoms with Gasteiger partial charge in [-0.25, -0.2) is 14.2 Å². The van der Waals surface area contributed by atoms with Crippen LogP contribution in [0.15, 0.2) is 36.4 Å². The van der Waals surface area contributed by atoms with E-state index >= 15 is 0 Å². The molecule has 2 rings (SSSR count). The largest absolute Gasteiger partial charge is 0.478 e. The molecule has 1 unspecified atom stereocenters. The van der Waals surface area contributed by atoms with Gasteiger partial charge in [0.2, 0.25) is 0 Å². The zero-order valence-electron chi connectivity index (χ0n) is 13.8. The van der Waals surface area contributed by atoms with Crippen LogP contribution < -0.4 is 0 Å². The highest BCUT2D eigenvalue weighted by atomic mass is 19.1. The number of pyridine rings is 1. The van der Waals surface area contributed by atoms with Crippen LogP contribution in [0.3, 0.4) is 0 Å². The highest BCUT2D eigenvalue weighted by Gasteiger charge is 2.23. The quantitative estimate of drug-likeness (QED) is 0.911. The van der Waals surface area contributed by atoms with Crippen LogP contribution in [-0.4, -0.2) is 33.4 Å². The zero-order valence-corrected chi connectivity index (χ0v) is 13.8. The molecule has 1 N–H and O–H groups in total. The van der Waals surface area contributed by atoms with E-state index in [1.54, 1.807) is 24.0 Å². The molecule has 0 fully saturated rings. The summed E-state index contributed by atoms with van der Waals surface area (Å²) in [6.45, 7) is 5.70. The molecule has 126 valence electrons. The minimum Gasteiger partial charge on any atom is -0.478 e. The number of aryl methyl sites for hydroxylation is 1. The lowest BCUT2D eigenvalue weighted by molar-refractivity contribution is 0.0679. The molecule has 1 atom stereocenters. The lowest BCUT2D eigenvalue weighted by atomic mass is 10.1. The Hall–Kier alpha value is -2.76. The molecule has 0 saturated carbocycles. The number of benzene rings is 1. The van der Waals surface area contributed by atoms with Crippen molar-refractivity contribution in [2.45, 2.75) is 26.8 Å². The van der Waals surface area contributed by atoms with Crippen molar-refractivity contribution < 1.29 is 19.1 Å². The summed E-state index contributed by atoms with van der Waals surface area (Å²) >= 11 is 0. The fourth-order valence-corrected chi connectivity index (χ4v) is 2.57. The average Bonchev–Trinajstić information content (AvgIpc) is 2.55. The molecule has 0 saturated heterocycles. The van der Waals surface area contributed by atoms with Gasteiger partial charge in [-0.15, -0.1) is 0 Å². The second kappa shape index (κ2) is 7.21. The molecular formula is C18H19FN2O3. The topological polar surface area (TPSA) is 70.5 Å². The lowest BCUT2D eigenvalue weighted by Crippen LogP contribution is -2.34. The first-order chi connectivity index (χ1) is 11.3. The van der Waals surface area contributed by atoms with Crippen LogP contribution in [0.5, 0.6) is 0 Å². The second-order valence-electron chi connectivity index (χ2n) is 5.45. The van der Waals surface area contributed by atoms with Crippen LogP contribution in [0, 0.1) is 12.7 Å². The van der Waals surface area contributed by atoms with Gasteiger partial charge in [0.05, 0.1) is 17.3 Å². The van der Waals surface area contributed by atoms with Crippen LogP contribution >= 0.6 is 0 Å². The number of carboxylic acid groups (broad SMARTS) is 1. The van der Waals surface area contributed by atoms with E-state index in [4.69, 9.17) is 5.11 Å². The standard InChI is InChI=1S/C18H19FN2O3/c1-4-21(12(3)13-5-7-14(19)8-6-13)17(22)16-10-9-15(18(23)24)11(2)20-16/h5-10,12H,4H2,1-3H3,(H,23,24). The Kier molecular flexibility index (Phi) is 5.28. The smallest absolute Gasteiger partial charge is 0.337 e. The maximum absolute atomic E-state index is 13.1. The number of halogens is 1. The van der Waals surface area contributed by atoms with E-state index in [1.165, 1.54) is 24.3 Å². The number of rotatable bonds is 5. The van der Waals surface area contributed by atoms with E-state index in [0.29, 0.717) is 12.2 Å². The highest BCUT2D eigenvalue weighted by Crippen LogP contribution is 2.22. The van der Waals surface area contributed by atoms with Gasteiger partial charge < -0.3 is 10.0 Å². The van der Waals surface area contributed by atoms with Crippen molar-refractivity contribution in [1.82, 2.24) is 9.88 Å². The number of hydrogen-bond donors (Lipinski definition) is 1. The van der Waals surface area contributed by atoms with E-state index in [-0.39, 0.29) is 29.0 Å². The first-order valence-corrected chi connectivity index (χ1v) is 7.62. The van der Waals surface area contributed by atoms with Gasteiger partial charge in [0.15, 0.2) is 0 Å². The number of hydrogen-bond acceptors (Lipinski definition) is 3. The Bertz CT molecular complexity index is 759. The second-order valence-corrected chi connectivity index (χ2v) is 5.45. The van der Waals surface area contributed by atoms with Crippen LogP contribution in [0.25, 0.3) is 0 Å². The van der Waals surface area contributed by atoms with Gasteiger partial charge in [-0.2, -0.15) is 0 Å². The number of nitrogens with zero attached hydrogens (tertiary/aromatic N) is 2. The van der Waals surface area contributed by atoms with Crippen LogP contribution in [0.4, 0.5) is 4.39 Å². The number of aromatic nitrogens is 1. The molecule has 0 spiro atoms. The van der Waals surface area contributed by atoms with Crippen LogP contribution in [0.2, 0.25) is 0 Å². The summed E-state index contributed by atoms with van der Waals surface area (Å²) in [6, 6.07) is 8.53. The third-order valence-corrected chi connectivity index (χ3v) is 3.96. The fourth-order valence-electron chi connectivity index (χ4n) is 2.57. The molecule has 24 heavy (non-hydrogen) atoms. The lowest BCUT2D eigenvalue weighted by Gasteiger charge is -2.28. The normalized spacial score (nSPS) is 11.8. The first-order valence-electron chi connectivity index (χ1n) is 7.62. The molecule has 1 aromatic heterocycles. The maximum Gasteiger partial charge on any atom is 0.337 e. The summed E-state index contributed by atoms with van der Waals surface area (Å²) in [5, 5.41) is 9.04. The molecule has 5 nitrogen and oxygen atoms in total. The van der Waals surface area contributed by atoms with Crippen molar-refractivity contribution in [3.63, 3.8) is 0 Å². The van der Waals surface area contributed by atoms with Gasteiger partial charge in [0, 0.05) is 6.54 Å². The van der Waals surface area contributed by atoms with Gasteiger partial charge in [0.25, 0.3) is 5.91 Å². The van der Waals surface area contributed by atoms with Gasteiger partial charge >= 0.3 is 5.97 Å². The Balaban J connectivity index is 2.29. The van der Waals surface area contributed by atoms with Gasteiger partial charge in [-0.1, -0.05) is 12.1 Å². The van der Waals surface area contributed by atoms with Crippen molar-refractivity contribution in [1.29, 1.82) is 0 Å². The third kappa shape index (κ3) is 3.59. The fraction of sp³-hybridized carbons (Fsp3) is 0.278. The summed E-state index contributed by atoms with van der Waals surface area (Å²) in [4.78, 5) is 29.5. The first kappa shape index (κ1) is 17.6. The van der Waals surface area contributed by atoms with Crippen molar-refractivity contribution >= 4 is 11.9 Å². The van der Waals surface area contributed by atoms with Crippen LogP contribution in [0.1, 0.15) is 52.0 Å². The number of carboxylic acids is 1. The van der Waals surface area contributed by atoms with Crippen molar-refractivity contribution in [2.75, 3.05) is 6.54 Å². The summed E-state index contributed by atoms with van der Waals surface area (Å²) in [5.41, 5.74) is 1.36. The number of amides is 1. The predicted octanol–water partition coefficient (Wildman–Crippen LogP) is 3.45. The van der Waals surface area contributed by atoms with Crippen LogP contribution in [-0.2, 0) is 0 Å². The number of carbonyl (C=O) groups excluding carboxylic acids is 1. The number of aromatic carboxylic acids is 1.